The van der Waals surface area contributed by atoms with Crippen LogP contribution in [0.25, 0.3) is 167 Å². The highest BCUT2D eigenvalue weighted by atomic mass is 15.0. The molecule has 0 radical (unpaired) electrons. The van der Waals surface area contributed by atoms with Crippen LogP contribution in [0.1, 0.15) is 16.7 Å². The third kappa shape index (κ3) is 10.4. The second kappa shape index (κ2) is 24.6. The quantitative estimate of drug-likeness (QED) is 0.120. The van der Waals surface area contributed by atoms with Crippen LogP contribution < -0.4 is 0 Å². The van der Waals surface area contributed by atoms with Crippen LogP contribution in [0.5, 0.6) is 0 Å². The molecule has 0 saturated carbocycles. The van der Waals surface area contributed by atoms with Crippen molar-refractivity contribution in [2.24, 2.45) is 0 Å². The van der Waals surface area contributed by atoms with Crippen molar-refractivity contribution in [1.29, 1.82) is 15.8 Å². The van der Waals surface area contributed by atoms with Crippen LogP contribution in [0, 0.1) is 34.0 Å². The summed E-state index contributed by atoms with van der Waals surface area (Å²) >= 11 is 0. The number of benzene rings is 14. The minimum atomic E-state index is 0.416. The van der Waals surface area contributed by atoms with E-state index >= 15 is 0 Å². The molecule has 8 heteroatoms. The largest absolute Gasteiger partial charge is 0.309 e. The van der Waals surface area contributed by atoms with Gasteiger partial charge in [0.05, 0.1) is 68.3 Å². The van der Waals surface area contributed by atoms with Crippen LogP contribution in [0.3, 0.4) is 0 Å². The van der Waals surface area contributed by atoms with Gasteiger partial charge in [0, 0.05) is 60.5 Å². The Balaban J connectivity index is 0.884. The lowest BCUT2D eigenvalue weighted by molar-refractivity contribution is 1.07. The fourth-order valence-corrected chi connectivity index (χ4v) is 13.9. The smallest absolute Gasteiger partial charge is 0.164 e. The highest BCUT2D eigenvalue weighted by molar-refractivity contribution is 6.14. The zero-order valence-electron chi connectivity index (χ0n) is 52.8. The van der Waals surface area contributed by atoms with Crippen LogP contribution in [0.15, 0.2) is 328 Å². The van der Waals surface area contributed by atoms with Crippen molar-refractivity contribution in [1.82, 2.24) is 24.1 Å². The first-order valence-electron chi connectivity index (χ1n) is 32.5. The molecule has 0 bridgehead atoms. The Bertz CT molecular complexity index is 5590. The topological polar surface area (TPSA) is 120 Å². The van der Waals surface area contributed by atoms with Gasteiger partial charge in [-0.05, 0) is 165 Å². The number of nitrogens with zero attached hydrogens (tertiary/aromatic N) is 8. The lowest BCUT2D eigenvalue weighted by atomic mass is 9.95. The van der Waals surface area contributed by atoms with E-state index in [1.54, 1.807) is 0 Å². The van der Waals surface area contributed by atoms with Gasteiger partial charge in [0.2, 0.25) is 0 Å². The van der Waals surface area contributed by atoms with Gasteiger partial charge in [-0.25, -0.2) is 15.0 Å². The van der Waals surface area contributed by atoms with Crippen molar-refractivity contribution >= 4 is 43.6 Å². The summed E-state index contributed by atoms with van der Waals surface area (Å²) in [7, 11) is 0. The third-order valence-corrected chi connectivity index (χ3v) is 18.8. The summed E-state index contributed by atoms with van der Waals surface area (Å²) in [6.45, 7) is 0. The van der Waals surface area contributed by atoms with Gasteiger partial charge >= 0.3 is 0 Å². The summed E-state index contributed by atoms with van der Waals surface area (Å²) in [5, 5.41) is 35.9. The molecule has 17 rings (SSSR count). The summed E-state index contributed by atoms with van der Waals surface area (Å²) < 4.78 is 4.65. The molecule has 17 aromatic rings. The summed E-state index contributed by atoms with van der Waals surface area (Å²) in [5.41, 5.74) is 23.6. The van der Waals surface area contributed by atoms with E-state index in [2.05, 4.69) is 234 Å². The maximum atomic E-state index is 11.0. The lowest BCUT2D eigenvalue weighted by Crippen LogP contribution is -2.03. The predicted molar refractivity (Wildman–Crippen MR) is 397 cm³/mol. The van der Waals surface area contributed by atoms with Crippen molar-refractivity contribution < 1.29 is 0 Å². The van der Waals surface area contributed by atoms with E-state index in [0.717, 1.165) is 138 Å². The van der Waals surface area contributed by atoms with Gasteiger partial charge in [-0.15, -0.1) is 0 Å². The van der Waals surface area contributed by atoms with Crippen molar-refractivity contribution in [2.75, 3.05) is 0 Å². The Morgan fingerprint density at radius 1 is 0.214 bits per heavy atom. The Morgan fingerprint density at radius 3 is 0.827 bits per heavy atom. The molecular formula is C90H54N8. The molecule has 0 amide bonds. The number of rotatable bonds is 12. The molecule has 0 aliphatic heterocycles. The lowest BCUT2D eigenvalue weighted by Gasteiger charge is -2.18. The summed E-state index contributed by atoms with van der Waals surface area (Å²) in [6.07, 6.45) is 0. The zero-order chi connectivity index (χ0) is 65.6. The van der Waals surface area contributed by atoms with E-state index in [4.69, 9.17) is 15.0 Å². The van der Waals surface area contributed by atoms with E-state index in [1.807, 2.05) is 121 Å². The monoisotopic (exact) mass is 1250 g/mol. The van der Waals surface area contributed by atoms with Crippen molar-refractivity contribution in [3.63, 3.8) is 0 Å². The molecular weight excluding hydrogens is 1190 g/mol. The van der Waals surface area contributed by atoms with Gasteiger partial charge < -0.3 is 9.13 Å². The van der Waals surface area contributed by atoms with Crippen LogP contribution in [0.4, 0.5) is 0 Å². The maximum Gasteiger partial charge on any atom is 0.164 e. The fourth-order valence-electron chi connectivity index (χ4n) is 13.9. The van der Waals surface area contributed by atoms with E-state index in [9.17, 15) is 15.8 Å². The zero-order valence-corrected chi connectivity index (χ0v) is 52.8. The molecule has 0 unspecified atom stereocenters. The van der Waals surface area contributed by atoms with E-state index in [0.29, 0.717) is 45.3 Å². The van der Waals surface area contributed by atoms with E-state index in [-0.39, 0.29) is 0 Å². The van der Waals surface area contributed by atoms with Crippen LogP contribution in [-0.2, 0) is 0 Å². The Hall–Kier alpha value is -13.8. The average molecular weight is 1250 g/mol. The molecule has 454 valence electrons. The Morgan fingerprint density at radius 2 is 0.490 bits per heavy atom. The second-order valence-corrected chi connectivity index (χ2v) is 24.4. The molecule has 3 aromatic heterocycles. The average Bonchev–Trinajstić information content (AvgIpc) is 1.58. The van der Waals surface area contributed by atoms with Crippen LogP contribution in [0.2, 0.25) is 0 Å². The van der Waals surface area contributed by atoms with Crippen molar-refractivity contribution in [3.05, 3.63) is 344 Å². The Kier molecular flexibility index (Phi) is 14.5. The molecule has 98 heavy (non-hydrogen) atoms. The number of hydrogen-bond donors (Lipinski definition) is 0. The minimum absolute atomic E-state index is 0.416. The summed E-state index contributed by atoms with van der Waals surface area (Å²) in [5.74, 6) is 1.28. The highest BCUT2D eigenvalue weighted by Crippen LogP contribution is 2.45. The number of hydrogen-bond acceptors (Lipinski definition) is 6. The van der Waals surface area contributed by atoms with Gasteiger partial charge in [0.1, 0.15) is 0 Å². The first kappa shape index (κ1) is 58.0. The summed E-state index contributed by atoms with van der Waals surface area (Å²) in [6, 6.07) is 120. The van der Waals surface area contributed by atoms with Gasteiger partial charge in [-0.2, -0.15) is 15.8 Å². The standard InChI is InChI=1S/C90H54N8/c91-55-58-29-31-63(32-30-58)64-33-35-65(36-34-64)88-94-89(70-41-47-82(76(53-70)74-27-15-13-25-72(74)56-92)97-84-43-37-66(59-17-5-1-6-18-59)49-78(84)79-50-67(38-44-85(79)97)60-19-7-2-8-20-60)96-90(95-88)71-42-48-83(77(54-71)75-28-16-14-26-73(75)57-93)98-86-45-39-68(61-21-9-3-10-22-61)51-80(86)81-52-69(40-46-87(81)98)62-23-11-4-12-24-62/h1-54H. The number of fused-ring (bicyclic) bond motifs is 6. The molecule has 0 atom stereocenters. The fraction of sp³-hybridized carbons (Fsp3) is 0. The van der Waals surface area contributed by atoms with Gasteiger partial charge in [0.15, 0.2) is 17.5 Å². The number of nitriles is 3. The van der Waals surface area contributed by atoms with Gasteiger partial charge in [0.25, 0.3) is 0 Å². The third-order valence-electron chi connectivity index (χ3n) is 18.8. The minimum Gasteiger partial charge on any atom is -0.309 e. The molecule has 0 aliphatic carbocycles. The molecule has 0 fully saturated rings. The van der Waals surface area contributed by atoms with Crippen molar-refractivity contribution in [2.45, 2.75) is 0 Å². The van der Waals surface area contributed by atoms with E-state index in [1.165, 1.54) is 0 Å². The van der Waals surface area contributed by atoms with E-state index < -0.39 is 0 Å². The molecule has 0 aliphatic rings. The maximum absolute atomic E-state index is 11.0. The molecule has 14 aromatic carbocycles. The SMILES string of the molecule is N#Cc1ccc(-c2ccc(-c3nc(-c4ccc(-n5c6ccc(-c7ccccc7)cc6c6cc(-c7ccccc7)ccc65)c(-c5ccccc5C#N)c4)nc(-c4ccc(-n5c6ccc(-c7ccccc7)cc6c6cc(-c7ccccc7)ccc65)c(-c5ccccc5C#N)c4)n3)cc2)cc1. The summed E-state index contributed by atoms with van der Waals surface area (Å²) in [4.78, 5) is 16.3. The number of aromatic nitrogens is 5. The van der Waals surface area contributed by atoms with Crippen molar-refractivity contribution in [3.8, 4) is 142 Å². The highest BCUT2D eigenvalue weighted by Gasteiger charge is 2.24. The molecule has 0 spiro atoms. The van der Waals surface area contributed by atoms with Crippen LogP contribution in [-0.4, -0.2) is 24.1 Å². The molecule has 3 heterocycles. The van der Waals surface area contributed by atoms with Crippen LogP contribution >= 0.6 is 0 Å². The Labute approximate surface area is 566 Å². The predicted octanol–water partition coefficient (Wildman–Crippen LogP) is 22.4. The molecule has 0 saturated heterocycles. The molecule has 8 nitrogen and oxygen atoms in total. The first-order valence-corrected chi connectivity index (χ1v) is 32.5. The molecule has 0 N–H and O–H groups in total. The second-order valence-electron chi connectivity index (χ2n) is 24.4. The van der Waals surface area contributed by atoms with Gasteiger partial charge in [-0.1, -0.05) is 218 Å². The van der Waals surface area contributed by atoms with Gasteiger partial charge in [-0.3, -0.25) is 0 Å². The normalized spacial score (nSPS) is 11.2. The first-order chi connectivity index (χ1) is 48.4.